The molecule has 0 bridgehead atoms. The molecule has 0 fully saturated rings. The van der Waals surface area contributed by atoms with Crippen LogP contribution in [-0.4, -0.2) is 49.9 Å². The van der Waals surface area contributed by atoms with Crippen molar-refractivity contribution in [3.63, 3.8) is 0 Å². The van der Waals surface area contributed by atoms with Crippen molar-refractivity contribution >= 4 is 36.1 Å². The van der Waals surface area contributed by atoms with E-state index in [1.54, 1.807) is 31.4 Å². The van der Waals surface area contributed by atoms with E-state index in [0.717, 1.165) is 41.8 Å². The van der Waals surface area contributed by atoms with Crippen molar-refractivity contribution < 1.29 is 14.3 Å². The van der Waals surface area contributed by atoms with E-state index in [2.05, 4.69) is 36.8 Å². The minimum Gasteiger partial charge on any atom is -0.380 e. The molecule has 35 heavy (non-hydrogen) atoms. The number of carbonyl (C=O) groups excluding carboxylic acids is 2. The summed E-state index contributed by atoms with van der Waals surface area (Å²) in [5.41, 5.74) is 2.36. The highest BCUT2D eigenvalue weighted by atomic mass is 35.5. The summed E-state index contributed by atoms with van der Waals surface area (Å²) in [4.78, 5) is 27.6. The zero-order chi connectivity index (χ0) is 26.0. The van der Waals surface area contributed by atoms with Crippen molar-refractivity contribution in [3.05, 3.63) is 68.5 Å². The lowest BCUT2D eigenvalue weighted by atomic mass is 9.96. The topological polar surface area (TPSA) is 58.6 Å². The number of nitrogens with zero attached hydrogens (tertiary/aromatic N) is 1. The number of rotatable bonds is 13. The first-order valence-electron chi connectivity index (χ1n) is 12.3. The van der Waals surface area contributed by atoms with Crippen molar-refractivity contribution in [2.24, 2.45) is 5.92 Å². The van der Waals surface area contributed by atoms with E-state index in [1.165, 1.54) is 0 Å². The highest BCUT2D eigenvalue weighted by molar-refractivity contribution is 6.30. The molecule has 0 aliphatic rings. The number of halogens is 1. The summed E-state index contributed by atoms with van der Waals surface area (Å²) in [6.45, 7) is 11.6. The lowest BCUT2D eigenvalue weighted by Gasteiger charge is -2.22. The molecule has 0 heterocycles. The summed E-state index contributed by atoms with van der Waals surface area (Å²) in [6, 6.07) is 10.8. The van der Waals surface area contributed by atoms with Gasteiger partial charge in [-0.3, -0.25) is 9.59 Å². The third-order valence-electron chi connectivity index (χ3n) is 6.42. The average Bonchev–Trinajstić information content (AvgIpc) is 2.85. The average molecular weight is 499 g/mol. The summed E-state index contributed by atoms with van der Waals surface area (Å²) in [5, 5.41) is 5.46. The van der Waals surface area contributed by atoms with E-state index in [0.29, 0.717) is 35.0 Å². The number of ether oxygens (including phenoxy) is 1. The zero-order valence-corrected chi connectivity index (χ0v) is 22.5. The zero-order valence-electron chi connectivity index (χ0n) is 21.7. The van der Waals surface area contributed by atoms with Crippen LogP contribution in [0.1, 0.15) is 66.3 Å². The number of Topliss-reactive ketones (excluding diaryl/α,β-unsaturated/α-hetero) is 1. The van der Waals surface area contributed by atoms with Crippen molar-refractivity contribution in [2.45, 2.75) is 52.6 Å². The van der Waals surface area contributed by atoms with E-state index in [4.69, 9.17) is 16.3 Å². The SMILES string of the molecule is C=c1ccc(C(=O)NCC(C)OC)c(CC)/c1=C/N(C)CC(CC)CCC(=O)c1ccc(Cl)cc1. The summed E-state index contributed by atoms with van der Waals surface area (Å²) >= 11 is 5.93. The Hall–Kier alpha value is -2.63. The first-order valence-corrected chi connectivity index (χ1v) is 12.7. The van der Waals surface area contributed by atoms with Crippen molar-refractivity contribution in [1.82, 2.24) is 10.2 Å². The normalized spacial score (nSPS) is 13.4. The maximum atomic E-state index is 12.8. The maximum Gasteiger partial charge on any atom is 0.251 e. The fourth-order valence-corrected chi connectivity index (χ4v) is 4.23. The molecular formula is C29H39ClN2O3. The molecule has 2 unspecified atom stereocenters. The molecule has 2 rings (SSSR count). The van der Waals surface area contributed by atoms with Crippen LogP contribution in [0.5, 0.6) is 0 Å². The van der Waals surface area contributed by atoms with Crippen LogP contribution in [0.3, 0.4) is 0 Å². The number of benzene rings is 2. The molecule has 0 saturated carbocycles. The van der Waals surface area contributed by atoms with Gasteiger partial charge in [-0.25, -0.2) is 0 Å². The Labute approximate surface area is 214 Å². The number of hydrogen-bond donors (Lipinski definition) is 1. The van der Waals surface area contributed by atoms with E-state index in [-0.39, 0.29) is 17.8 Å². The van der Waals surface area contributed by atoms with Crippen LogP contribution in [-0.2, 0) is 11.2 Å². The Morgan fingerprint density at radius 3 is 2.46 bits per heavy atom. The molecule has 2 aromatic rings. The molecule has 0 aromatic heterocycles. The molecule has 5 nitrogen and oxygen atoms in total. The van der Waals surface area contributed by atoms with Crippen LogP contribution in [0.2, 0.25) is 5.02 Å². The van der Waals surface area contributed by atoms with Gasteiger partial charge < -0.3 is 15.0 Å². The van der Waals surface area contributed by atoms with Crippen LogP contribution in [0, 0.1) is 5.92 Å². The predicted octanol–water partition coefficient (Wildman–Crippen LogP) is 4.44. The van der Waals surface area contributed by atoms with Gasteiger partial charge in [0.25, 0.3) is 5.91 Å². The quantitative estimate of drug-likeness (QED) is 0.415. The molecule has 0 saturated heterocycles. The van der Waals surface area contributed by atoms with Crippen molar-refractivity contribution in [1.29, 1.82) is 0 Å². The summed E-state index contributed by atoms with van der Waals surface area (Å²) in [6.07, 6.45) is 5.05. The van der Waals surface area contributed by atoms with Crippen LogP contribution >= 0.6 is 11.6 Å². The first-order chi connectivity index (χ1) is 16.7. The van der Waals surface area contributed by atoms with Gasteiger partial charge in [0.05, 0.1) is 6.10 Å². The van der Waals surface area contributed by atoms with E-state index in [1.807, 2.05) is 26.1 Å². The minimum absolute atomic E-state index is 0.0501. The molecule has 0 aliphatic heterocycles. The Morgan fingerprint density at radius 1 is 1.17 bits per heavy atom. The fraction of sp³-hybridized carbons (Fsp3) is 0.448. The highest BCUT2D eigenvalue weighted by Gasteiger charge is 2.15. The van der Waals surface area contributed by atoms with Gasteiger partial charge in [0.2, 0.25) is 0 Å². The smallest absolute Gasteiger partial charge is 0.251 e. The lowest BCUT2D eigenvalue weighted by molar-refractivity contribution is 0.0869. The molecule has 0 radical (unpaired) electrons. The second-order valence-corrected chi connectivity index (χ2v) is 9.52. The van der Waals surface area contributed by atoms with Gasteiger partial charge in [-0.15, -0.1) is 0 Å². The van der Waals surface area contributed by atoms with E-state index < -0.39 is 0 Å². The van der Waals surface area contributed by atoms with Gasteiger partial charge in [-0.2, -0.15) is 0 Å². The number of carbonyl (C=O) groups is 2. The second kappa shape index (κ2) is 14.1. The third-order valence-corrected chi connectivity index (χ3v) is 6.67. The van der Waals surface area contributed by atoms with Gasteiger partial charge in [-0.05, 0) is 66.8 Å². The number of nitrogens with one attached hydrogen (secondary N) is 1. The number of ketones is 1. The summed E-state index contributed by atoms with van der Waals surface area (Å²) in [5.74, 6) is 0.407. The number of amides is 1. The molecule has 2 atom stereocenters. The standard InChI is InChI=1S/C29H39ClN2O3/c1-7-22(10-16-28(33)23-11-13-24(30)14-12-23)18-32(5)19-27-20(3)9-15-26(25(27)8-2)29(34)31-17-21(4)35-6/h9,11-15,19,21-22H,3,7-8,10,16-18H2,1-2,4-6H3,(H,31,34)/b27-19+. The molecule has 1 N–H and O–H groups in total. The van der Waals surface area contributed by atoms with Crippen molar-refractivity contribution in [3.8, 4) is 0 Å². The van der Waals surface area contributed by atoms with Crippen LogP contribution < -0.4 is 15.8 Å². The molecule has 190 valence electrons. The summed E-state index contributed by atoms with van der Waals surface area (Å²) < 4.78 is 5.24. The fourth-order valence-electron chi connectivity index (χ4n) is 4.10. The van der Waals surface area contributed by atoms with Crippen LogP contribution in [0.15, 0.2) is 36.4 Å². The summed E-state index contributed by atoms with van der Waals surface area (Å²) in [7, 11) is 3.67. The Balaban J connectivity index is 2.14. The van der Waals surface area contributed by atoms with Gasteiger partial charge in [-0.1, -0.05) is 44.5 Å². The highest BCUT2D eigenvalue weighted by Crippen LogP contribution is 2.17. The van der Waals surface area contributed by atoms with Gasteiger partial charge in [0.1, 0.15) is 0 Å². The lowest BCUT2D eigenvalue weighted by Crippen LogP contribution is -2.37. The third kappa shape index (κ3) is 8.52. The van der Waals surface area contributed by atoms with Crippen molar-refractivity contribution in [2.75, 3.05) is 27.2 Å². The first kappa shape index (κ1) is 28.6. The second-order valence-electron chi connectivity index (χ2n) is 9.09. The molecule has 2 aromatic carbocycles. The van der Waals surface area contributed by atoms with Crippen LogP contribution in [0.4, 0.5) is 0 Å². The molecular weight excluding hydrogens is 460 g/mol. The largest absolute Gasteiger partial charge is 0.380 e. The van der Waals surface area contributed by atoms with Crippen LogP contribution in [0.25, 0.3) is 12.8 Å². The Kier molecular flexibility index (Phi) is 11.5. The Morgan fingerprint density at radius 2 is 1.86 bits per heavy atom. The molecule has 1 amide bonds. The minimum atomic E-state index is -0.102. The Bertz CT molecular complexity index is 1100. The van der Waals surface area contributed by atoms with Gasteiger partial charge in [0.15, 0.2) is 5.78 Å². The van der Waals surface area contributed by atoms with Gasteiger partial charge in [0, 0.05) is 61.2 Å². The van der Waals surface area contributed by atoms with Gasteiger partial charge >= 0.3 is 0 Å². The molecule has 0 spiro atoms. The monoisotopic (exact) mass is 498 g/mol. The maximum absolute atomic E-state index is 12.8. The molecule has 6 heteroatoms. The predicted molar refractivity (Wildman–Crippen MR) is 145 cm³/mol. The number of hydrogen-bond acceptors (Lipinski definition) is 4. The van der Waals surface area contributed by atoms with E-state index in [9.17, 15) is 9.59 Å². The number of methoxy groups -OCH3 is 1. The van der Waals surface area contributed by atoms with E-state index >= 15 is 0 Å². The molecule has 0 aliphatic carbocycles.